The second-order valence-electron chi connectivity index (χ2n) is 3.91. The van der Waals surface area contributed by atoms with Crippen LogP contribution in [-0.2, 0) is 17.6 Å². The Labute approximate surface area is 94.1 Å². The molecule has 1 aromatic rings. The molecule has 0 aliphatic carbocycles. The Morgan fingerprint density at radius 1 is 1.56 bits per heavy atom. The van der Waals surface area contributed by atoms with E-state index in [1.165, 1.54) is 6.42 Å². The first-order valence-electron chi connectivity index (χ1n) is 5.52. The fraction of sp³-hybridized carbons (Fsp3) is 0.545. The van der Waals surface area contributed by atoms with Gasteiger partial charge in [0.15, 0.2) is 0 Å². The Bertz CT molecular complexity index is 402. The Kier molecular flexibility index (Phi) is 3.03. The second-order valence-corrected chi connectivity index (χ2v) is 3.91. The first-order chi connectivity index (χ1) is 7.70. The zero-order valence-electron chi connectivity index (χ0n) is 9.31. The summed E-state index contributed by atoms with van der Waals surface area (Å²) in [7, 11) is 0. The van der Waals surface area contributed by atoms with Crippen LogP contribution in [0.3, 0.4) is 0 Å². The highest BCUT2D eigenvalue weighted by Crippen LogP contribution is 2.17. The molecule has 1 N–H and O–H groups in total. The third-order valence-electron chi connectivity index (χ3n) is 2.76. The monoisotopic (exact) mass is 221 g/mol. The molecule has 0 saturated carbocycles. The minimum atomic E-state index is -0.838. The molecule has 1 fully saturated rings. The summed E-state index contributed by atoms with van der Waals surface area (Å²) in [6.07, 6.45) is 3.57. The highest BCUT2D eigenvalue weighted by molar-refractivity contribution is 5.70. The number of nitrogens with zero attached hydrogens (tertiary/aromatic N) is 3. The maximum atomic E-state index is 10.7. The molecule has 0 unspecified atom stereocenters. The van der Waals surface area contributed by atoms with Crippen LogP contribution in [0.4, 0.5) is 5.95 Å². The van der Waals surface area contributed by atoms with Gasteiger partial charge in [0.05, 0.1) is 6.42 Å². The third-order valence-corrected chi connectivity index (χ3v) is 2.76. The second kappa shape index (κ2) is 4.47. The fourth-order valence-corrected chi connectivity index (χ4v) is 1.72. The van der Waals surface area contributed by atoms with E-state index in [0.717, 1.165) is 36.7 Å². The molecule has 1 saturated heterocycles. The molecule has 0 aromatic carbocycles. The minimum Gasteiger partial charge on any atom is -0.481 e. The highest BCUT2D eigenvalue weighted by atomic mass is 16.4. The van der Waals surface area contributed by atoms with Crippen LogP contribution in [0.5, 0.6) is 0 Å². The number of hydrogen-bond donors (Lipinski definition) is 1. The van der Waals surface area contributed by atoms with Crippen LogP contribution in [0.15, 0.2) is 6.20 Å². The van der Waals surface area contributed by atoms with Gasteiger partial charge in [0, 0.05) is 30.5 Å². The van der Waals surface area contributed by atoms with E-state index >= 15 is 0 Å². The summed E-state index contributed by atoms with van der Waals surface area (Å²) in [4.78, 5) is 21.4. The van der Waals surface area contributed by atoms with Gasteiger partial charge in [-0.1, -0.05) is 6.92 Å². The van der Waals surface area contributed by atoms with Crippen molar-refractivity contribution >= 4 is 11.9 Å². The lowest BCUT2D eigenvalue weighted by atomic mass is 10.1. The molecule has 86 valence electrons. The van der Waals surface area contributed by atoms with Crippen molar-refractivity contribution in [1.82, 2.24) is 9.97 Å². The van der Waals surface area contributed by atoms with Crippen LogP contribution in [-0.4, -0.2) is 34.1 Å². The summed E-state index contributed by atoms with van der Waals surface area (Å²) in [6, 6.07) is 0. The minimum absolute atomic E-state index is 0.00343. The number of carboxylic acids is 1. The predicted octanol–water partition coefficient (Wildman–Crippen LogP) is 0.876. The van der Waals surface area contributed by atoms with Gasteiger partial charge in [-0.3, -0.25) is 4.79 Å². The van der Waals surface area contributed by atoms with Crippen molar-refractivity contribution in [3.8, 4) is 0 Å². The van der Waals surface area contributed by atoms with Crippen LogP contribution in [0, 0.1) is 0 Å². The Morgan fingerprint density at radius 3 is 2.81 bits per heavy atom. The van der Waals surface area contributed by atoms with E-state index in [4.69, 9.17) is 5.11 Å². The maximum absolute atomic E-state index is 10.7. The quantitative estimate of drug-likeness (QED) is 0.817. The fourth-order valence-electron chi connectivity index (χ4n) is 1.72. The molecule has 1 aromatic heterocycles. The van der Waals surface area contributed by atoms with E-state index in [-0.39, 0.29) is 6.42 Å². The predicted molar refractivity (Wildman–Crippen MR) is 59.6 cm³/mol. The number of aromatic nitrogens is 2. The van der Waals surface area contributed by atoms with Gasteiger partial charge in [-0.25, -0.2) is 9.97 Å². The smallest absolute Gasteiger partial charge is 0.307 e. The van der Waals surface area contributed by atoms with Gasteiger partial charge >= 0.3 is 5.97 Å². The molecule has 0 atom stereocenters. The molecule has 2 rings (SSSR count). The molecule has 5 nitrogen and oxygen atoms in total. The molecule has 0 spiro atoms. The van der Waals surface area contributed by atoms with Gasteiger partial charge < -0.3 is 10.0 Å². The largest absolute Gasteiger partial charge is 0.481 e. The van der Waals surface area contributed by atoms with Gasteiger partial charge in [-0.05, 0) is 12.8 Å². The van der Waals surface area contributed by atoms with Crippen molar-refractivity contribution < 1.29 is 9.90 Å². The standard InChI is InChI=1S/C11H15N3O2/c1-2-9-8(6-10(15)16)7-12-11(13-9)14-4-3-5-14/h7H,2-6H2,1H3,(H,15,16). The lowest BCUT2D eigenvalue weighted by Gasteiger charge is -2.31. The van der Waals surface area contributed by atoms with E-state index in [0.29, 0.717) is 0 Å². The zero-order valence-corrected chi connectivity index (χ0v) is 9.31. The van der Waals surface area contributed by atoms with Gasteiger partial charge in [-0.2, -0.15) is 0 Å². The van der Waals surface area contributed by atoms with Gasteiger partial charge in [0.25, 0.3) is 0 Å². The summed E-state index contributed by atoms with van der Waals surface area (Å²) in [6.45, 7) is 3.98. The number of rotatable bonds is 4. The van der Waals surface area contributed by atoms with Crippen LogP contribution in [0.2, 0.25) is 0 Å². The lowest BCUT2D eigenvalue weighted by molar-refractivity contribution is -0.136. The normalized spacial score (nSPS) is 14.7. The van der Waals surface area contributed by atoms with E-state index in [9.17, 15) is 4.79 Å². The molecule has 0 bridgehead atoms. The molecular weight excluding hydrogens is 206 g/mol. The van der Waals surface area contributed by atoms with Crippen molar-refractivity contribution in [2.24, 2.45) is 0 Å². The Morgan fingerprint density at radius 2 is 2.31 bits per heavy atom. The molecule has 16 heavy (non-hydrogen) atoms. The first kappa shape index (κ1) is 10.9. The Balaban J connectivity index is 2.23. The van der Waals surface area contributed by atoms with Crippen LogP contribution in [0.25, 0.3) is 0 Å². The summed E-state index contributed by atoms with van der Waals surface area (Å²) in [5, 5.41) is 8.76. The van der Waals surface area contributed by atoms with Crippen molar-refractivity contribution in [3.05, 3.63) is 17.5 Å². The van der Waals surface area contributed by atoms with Crippen molar-refractivity contribution in [2.45, 2.75) is 26.2 Å². The van der Waals surface area contributed by atoms with Crippen molar-refractivity contribution in [3.63, 3.8) is 0 Å². The number of aliphatic carboxylic acids is 1. The Hall–Kier alpha value is -1.65. The van der Waals surface area contributed by atoms with Crippen molar-refractivity contribution in [2.75, 3.05) is 18.0 Å². The van der Waals surface area contributed by atoms with E-state index < -0.39 is 5.97 Å². The molecule has 5 heteroatoms. The van der Waals surface area contributed by atoms with Gasteiger partial charge in [-0.15, -0.1) is 0 Å². The number of carbonyl (C=O) groups is 1. The third kappa shape index (κ3) is 2.13. The van der Waals surface area contributed by atoms with Gasteiger partial charge in [0.2, 0.25) is 5.95 Å². The lowest BCUT2D eigenvalue weighted by Crippen LogP contribution is -2.38. The summed E-state index contributed by atoms with van der Waals surface area (Å²) in [5.74, 6) is -0.104. The average Bonchev–Trinajstić information content (AvgIpc) is 2.16. The summed E-state index contributed by atoms with van der Waals surface area (Å²) >= 11 is 0. The van der Waals surface area contributed by atoms with Crippen LogP contribution >= 0.6 is 0 Å². The van der Waals surface area contributed by atoms with Crippen LogP contribution in [0.1, 0.15) is 24.6 Å². The molecule has 1 aliphatic rings. The molecule has 0 radical (unpaired) electrons. The van der Waals surface area contributed by atoms with Crippen LogP contribution < -0.4 is 4.90 Å². The molecule has 2 heterocycles. The first-order valence-corrected chi connectivity index (χ1v) is 5.52. The highest BCUT2D eigenvalue weighted by Gasteiger charge is 2.18. The van der Waals surface area contributed by atoms with Gasteiger partial charge in [0.1, 0.15) is 0 Å². The van der Waals surface area contributed by atoms with E-state index in [1.54, 1.807) is 6.20 Å². The maximum Gasteiger partial charge on any atom is 0.307 e. The summed E-state index contributed by atoms with van der Waals surface area (Å²) < 4.78 is 0. The number of carboxylic acid groups (broad SMARTS) is 1. The SMILES string of the molecule is CCc1nc(N2CCC2)ncc1CC(=O)O. The van der Waals surface area contributed by atoms with E-state index in [2.05, 4.69) is 14.9 Å². The zero-order chi connectivity index (χ0) is 11.5. The summed E-state index contributed by atoms with van der Waals surface area (Å²) in [5.41, 5.74) is 1.57. The molecular formula is C11H15N3O2. The average molecular weight is 221 g/mol. The number of hydrogen-bond acceptors (Lipinski definition) is 4. The van der Waals surface area contributed by atoms with Crippen molar-refractivity contribution in [1.29, 1.82) is 0 Å². The molecule has 1 aliphatic heterocycles. The van der Waals surface area contributed by atoms with E-state index in [1.807, 2.05) is 6.92 Å². The molecule has 0 amide bonds. The number of anilines is 1. The number of aryl methyl sites for hydroxylation is 1. The topological polar surface area (TPSA) is 66.3 Å².